The Morgan fingerprint density at radius 2 is 1.48 bits per heavy atom. The van der Waals surface area contributed by atoms with Crippen LogP contribution in [0.3, 0.4) is 0 Å². The molecule has 0 fully saturated rings. The van der Waals surface area contributed by atoms with Crippen molar-refractivity contribution in [3.8, 4) is 11.5 Å². The summed E-state index contributed by atoms with van der Waals surface area (Å²) in [6.07, 6.45) is 0.733. The fourth-order valence-corrected chi connectivity index (χ4v) is 2.67. The Bertz CT molecular complexity index is 828. The lowest BCUT2D eigenvalue weighted by atomic mass is 10.1. The van der Waals surface area contributed by atoms with Crippen LogP contribution in [0.4, 0.5) is 4.79 Å². The van der Waals surface area contributed by atoms with Gasteiger partial charge in [0, 0.05) is 23.7 Å². The second kappa shape index (κ2) is 10.5. The molecule has 0 aliphatic rings. The van der Waals surface area contributed by atoms with Crippen LogP contribution < -0.4 is 14.8 Å². The summed E-state index contributed by atoms with van der Waals surface area (Å²) in [5.41, 5.74) is -0.517. The number of amides is 1. The van der Waals surface area contributed by atoms with Crippen LogP contribution >= 0.6 is 0 Å². The zero-order valence-electron chi connectivity index (χ0n) is 17.2. The molecule has 0 saturated carbocycles. The van der Waals surface area contributed by atoms with Crippen molar-refractivity contribution < 1.29 is 28.9 Å². The second-order valence-electron chi connectivity index (χ2n) is 7.58. The molecule has 0 bridgehead atoms. The van der Waals surface area contributed by atoms with Crippen molar-refractivity contribution in [3.05, 3.63) is 36.4 Å². The van der Waals surface area contributed by atoms with E-state index < -0.39 is 17.7 Å². The monoisotopic (exact) mass is 403 g/mol. The number of alkyl carbamates (subject to hydrolysis) is 1. The normalized spacial score (nSPS) is 11.1. The van der Waals surface area contributed by atoms with E-state index in [9.17, 15) is 9.59 Å². The van der Waals surface area contributed by atoms with Gasteiger partial charge in [-0.2, -0.15) is 0 Å². The molecule has 158 valence electrons. The van der Waals surface area contributed by atoms with Gasteiger partial charge in [0.05, 0.1) is 13.2 Å². The number of carbonyl (C=O) groups excluding carboxylic acids is 1. The van der Waals surface area contributed by atoms with Gasteiger partial charge in [-0.1, -0.05) is 24.3 Å². The molecule has 0 unspecified atom stereocenters. The highest BCUT2D eigenvalue weighted by Crippen LogP contribution is 2.32. The Labute approximate surface area is 171 Å². The molecule has 0 spiro atoms. The summed E-state index contributed by atoms with van der Waals surface area (Å²) in [5.74, 6) is 0.601. The summed E-state index contributed by atoms with van der Waals surface area (Å²) in [4.78, 5) is 22.2. The number of hydrogen-bond acceptors (Lipinski definition) is 5. The number of ether oxygens (including phenoxy) is 3. The molecule has 29 heavy (non-hydrogen) atoms. The van der Waals surface area contributed by atoms with Crippen LogP contribution in [0.2, 0.25) is 0 Å². The molecule has 0 heterocycles. The van der Waals surface area contributed by atoms with Crippen molar-refractivity contribution in [2.75, 3.05) is 19.8 Å². The average molecular weight is 403 g/mol. The summed E-state index contributed by atoms with van der Waals surface area (Å²) >= 11 is 0. The average Bonchev–Trinajstić information content (AvgIpc) is 2.63. The summed E-state index contributed by atoms with van der Waals surface area (Å²) < 4.78 is 16.8. The Morgan fingerprint density at radius 1 is 0.931 bits per heavy atom. The molecular weight excluding hydrogens is 374 g/mol. The summed E-state index contributed by atoms with van der Waals surface area (Å²) in [7, 11) is 0. The quantitative estimate of drug-likeness (QED) is 0.572. The number of carboxylic acids is 1. The van der Waals surface area contributed by atoms with E-state index >= 15 is 0 Å². The topological polar surface area (TPSA) is 94.1 Å². The lowest BCUT2D eigenvalue weighted by Gasteiger charge is -2.19. The maximum Gasteiger partial charge on any atom is 0.407 e. The second-order valence-corrected chi connectivity index (χ2v) is 7.58. The molecule has 0 aromatic heterocycles. The first kappa shape index (κ1) is 22.3. The van der Waals surface area contributed by atoms with Crippen LogP contribution in [0.25, 0.3) is 10.8 Å². The van der Waals surface area contributed by atoms with Gasteiger partial charge in [0.2, 0.25) is 0 Å². The lowest BCUT2D eigenvalue weighted by molar-refractivity contribution is -0.137. The van der Waals surface area contributed by atoms with Gasteiger partial charge in [0.1, 0.15) is 17.1 Å². The van der Waals surface area contributed by atoms with Gasteiger partial charge in [0.15, 0.2) is 0 Å². The lowest BCUT2D eigenvalue weighted by Crippen LogP contribution is -2.33. The molecule has 2 rings (SSSR count). The molecule has 2 aromatic rings. The number of aliphatic carboxylic acids is 1. The maximum atomic E-state index is 11.6. The highest BCUT2D eigenvalue weighted by atomic mass is 16.6. The molecule has 1 amide bonds. The molecule has 7 nitrogen and oxygen atoms in total. The fraction of sp³-hybridized carbons (Fsp3) is 0.455. The van der Waals surface area contributed by atoms with E-state index in [4.69, 9.17) is 19.3 Å². The number of fused-ring (bicyclic) bond motifs is 1. The first-order valence-corrected chi connectivity index (χ1v) is 9.72. The molecule has 2 aromatic carbocycles. The van der Waals surface area contributed by atoms with Crippen molar-refractivity contribution in [1.29, 1.82) is 0 Å². The first-order chi connectivity index (χ1) is 13.8. The fourth-order valence-electron chi connectivity index (χ4n) is 2.67. The minimum absolute atomic E-state index is 0.0798. The van der Waals surface area contributed by atoms with Gasteiger partial charge in [-0.05, 0) is 45.7 Å². The van der Waals surface area contributed by atoms with Crippen LogP contribution in [0.15, 0.2) is 36.4 Å². The zero-order valence-corrected chi connectivity index (χ0v) is 17.2. The van der Waals surface area contributed by atoms with Crippen molar-refractivity contribution in [2.45, 2.75) is 45.6 Å². The number of carbonyl (C=O) groups is 2. The van der Waals surface area contributed by atoms with Crippen LogP contribution in [-0.2, 0) is 9.53 Å². The minimum atomic E-state index is -0.830. The van der Waals surface area contributed by atoms with Gasteiger partial charge in [-0.3, -0.25) is 4.79 Å². The molecule has 2 N–H and O–H groups in total. The van der Waals surface area contributed by atoms with Crippen molar-refractivity contribution in [3.63, 3.8) is 0 Å². The third kappa shape index (κ3) is 7.89. The highest BCUT2D eigenvalue weighted by Gasteiger charge is 2.15. The number of nitrogens with one attached hydrogen (secondary N) is 1. The van der Waals surface area contributed by atoms with Crippen molar-refractivity contribution >= 4 is 22.8 Å². The number of rotatable bonds is 10. The summed E-state index contributed by atoms with van der Waals surface area (Å²) in [5, 5.41) is 13.3. The van der Waals surface area contributed by atoms with Crippen LogP contribution in [0.1, 0.15) is 40.0 Å². The van der Waals surface area contributed by atoms with E-state index in [2.05, 4.69) is 5.32 Å². The number of benzene rings is 2. The minimum Gasteiger partial charge on any atom is -0.493 e. The zero-order chi connectivity index (χ0) is 21.3. The SMILES string of the molecule is CC(C)(C)OC(=O)NCCCOc1cccc2c(OCCCC(=O)O)cccc12. The third-order valence-corrected chi connectivity index (χ3v) is 3.88. The number of hydrogen-bond donors (Lipinski definition) is 2. The van der Waals surface area contributed by atoms with E-state index in [1.165, 1.54) is 0 Å². The van der Waals surface area contributed by atoms with Gasteiger partial charge in [-0.25, -0.2) is 4.79 Å². The Kier molecular flexibility index (Phi) is 8.12. The molecule has 0 atom stereocenters. The summed E-state index contributed by atoms with van der Waals surface area (Å²) in [6, 6.07) is 11.4. The Balaban J connectivity index is 1.87. The van der Waals surface area contributed by atoms with E-state index in [0.29, 0.717) is 38.3 Å². The van der Waals surface area contributed by atoms with Gasteiger partial charge in [0.25, 0.3) is 0 Å². The van der Waals surface area contributed by atoms with Gasteiger partial charge < -0.3 is 24.6 Å². The Hall–Kier alpha value is -2.96. The molecule has 0 saturated heterocycles. The smallest absolute Gasteiger partial charge is 0.407 e. The molecular formula is C22H29NO6. The molecule has 0 aliphatic carbocycles. The molecule has 0 radical (unpaired) electrons. The molecule has 7 heteroatoms. The van der Waals surface area contributed by atoms with Gasteiger partial charge in [-0.15, -0.1) is 0 Å². The van der Waals surface area contributed by atoms with E-state index in [1.807, 2.05) is 57.2 Å². The van der Waals surface area contributed by atoms with Crippen molar-refractivity contribution in [2.24, 2.45) is 0 Å². The van der Waals surface area contributed by atoms with Crippen molar-refractivity contribution in [1.82, 2.24) is 5.32 Å². The first-order valence-electron chi connectivity index (χ1n) is 9.72. The predicted octanol–water partition coefficient (Wildman–Crippen LogP) is 4.38. The molecule has 0 aliphatic heterocycles. The van der Waals surface area contributed by atoms with Gasteiger partial charge >= 0.3 is 12.1 Å². The largest absolute Gasteiger partial charge is 0.493 e. The van der Waals surface area contributed by atoms with Crippen LogP contribution in [0, 0.1) is 0 Å². The summed E-state index contributed by atoms with van der Waals surface area (Å²) in [6.45, 7) is 6.70. The van der Waals surface area contributed by atoms with Crippen LogP contribution in [-0.4, -0.2) is 42.5 Å². The van der Waals surface area contributed by atoms with E-state index in [1.54, 1.807) is 0 Å². The predicted molar refractivity (Wildman–Crippen MR) is 111 cm³/mol. The maximum absolute atomic E-state index is 11.6. The van der Waals surface area contributed by atoms with E-state index in [-0.39, 0.29) is 6.42 Å². The standard InChI is InChI=1S/C22H29NO6/c1-22(2,3)29-21(26)23-13-7-15-28-19-11-5-8-16-17(19)9-4-10-18(16)27-14-6-12-20(24)25/h4-5,8-11H,6-7,12-15H2,1-3H3,(H,23,26)(H,24,25). The van der Waals surface area contributed by atoms with Crippen LogP contribution in [0.5, 0.6) is 11.5 Å². The Morgan fingerprint density at radius 3 is 2.00 bits per heavy atom. The highest BCUT2D eigenvalue weighted by molar-refractivity contribution is 5.93. The van der Waals surface area contributed by atoms with E-state index in [0.717, 1.165) is 16.5 Å². The third-order valence-electron chi connectivity index (χ3n) is 3.88. The number of carboxylic acid groups (broad SMARTS) is 1.